The van der Waals surface area contributed by atoms with E-state index in [9.17, 15) is 4.79 Å². The molecule has 1 saturated heterocycles. The molecule has 0 spiro atoms. The number of fused-ring (bicyclic) bond motifs is 1. The number of carbonyl (C=O) groups excluding carboxylic acids is 1. The van der Waals surface area contributed by atoms with E-state index < -0.39 is 0 Å². The van der Waals surface area contributed by atoms with Gasteiger partial charge in [-0.1, -0.05) is 25.0 Å². The van der Waals surface area contributed by atoms with Gasteiger partial charge in [0, 0.05) is 25.4 Å². The molecular weight excluding hydrogens is 328 g/mol. The van der Waals surface area contributed by atoms with Crippen molar-refractivity contribution in [2.75, 3.05) is 27.2 Å². The van der Waals surface area contributed by atoms with Gasteiger partial charge in [-0.15, -0.1) is 0 Å². The first-order chi connectivity index (χ1) is 12.5. The second-order valence-electron chi connectivity index (χ2n) is 7.87. The Kier molecular flexibility index (Phi) is 6.54. The van der Waals surface area contributed by atoms with Gasteiger partial charge in [0.2, 0.25) is 5.91 Å². The average molecular weight is 360 g/mol. The van der Waals surface area contributed by atoms with Crippen LogP contribution in [0.15, 0.2) is 24.3 Å². The molecule has 5 heteroatoms. The lowest BCUT2D eigenvalue weighted by atomic mass is 9.76. The van der Waals surface area contributed by atoms with E-state index in [1.165, 1.54) is 18.4 Å². The smallest absolute Gasteiger partial charge is 0.217 e. The van der Waals surface area contributed by atoms with Gasteiger partial charge >= 0.3 is 0 Å². The van der Waals surface area contributed by atoms with E-state index in [-0.39, 0.29) is 24.2 Å². The highest BCUT2D eigenvalue weighted by Gasteiger charge is 2.40. The summed E-state index contributed by atoms with van der Waals surface area (Å²) in [6, 6.07) is 8.46. The van der Waals surface area contributed by atoms with Crippen LogP contribution in [0.25, 0.3) is 0 Å². The molecule has 1 aromatic rings. The van der Waals surface area contributed by atoms with Crippen LogP contribution >= 0.6 is 0 Å². The van der Waals surface area contributed by atoms with E-state index in [1.54, 1.807) is 6.92 Å². The van der Waals surface area contributed by atoms with E-state index >= 15 is 0 Å². The zero-order chi connectivity index (χ0) is 18.5. The number of amides is 1. The van der Waals surface area contributed by atoms with Crippen molar-refractivity contribution >= 4 is 5.91 Å². The maximum Gasteiger partial charge on any atom is 0.217 e. The maximum atomic E-state index is 11.7. The van der Waals surface area contributed by atoms with Gasteiger partial charge in [-0.25, -0.2) is 0 Å². The second kappa shape index (κ2) is 8.87. The molecule has 1 amide bonds. The predicted molar refractivity (Wildman–Crippen MR) is 102 cm³/mol. The van der Waals surface area contributed by atoms with E-state index in [4.69, 9.17) is 9.47 Å². The van der Waals surface area contributed by atoms with Crippen LogP contribution in [-0.2, 0) is 9.53 Å². The summed E-state index contributed by atoms with van der Waals surface area (Å²) in [5.41, 5.74) is 1.17. The predicted octanol–water partition coefficient (Wildman–Crippen LogP) is 3.15. The first kappa shape index (κ1) is 19.2. The Morgan fingerprint density at radius 1 is 1.23 bits per heavy atom. The van der Waals surface area contributed by atoms with Gasteiger partial charge < -0.3 is 19.7 Å². The molecule has 1 aliphatic heterocycles. The van der Waals surface area contributed by atoms with Gasteiger partial charge in [0.15, 0.2) is 0 Å². The van der Waals surface area contributed by atoms with Crippen molar-refractivity contribution in [2.45, 2.75) is 57.3 Å². The molecule has 26 heavy (non-hydrogen) atoms. The number of likely N-dealkylation sites (N-methyl/N-ethyl adjacent to an activating group) is 1. The summed E-state index contributed by atoms with van der Waals surface area (Å²) >= 11 is 0. The number of hydrogen-bond donors (Lipinski definition) is 1. The van der Waals surface area contributed by atoms with Crippen LogP contribution in [-0.4, -0.2) is 50.2 Å². The minimum atomic E-state index is 0.0435. The quantitative estimate of drug-likeness (QED) is 0.847. The highest BCUT2D eigenvalue weighted by Crippen LogP contribution is 2.41. The summed E-state index contributed by atoms with van der Waals surface area (Å²) in [5, 5.41) is 3.18. The minimum absolute atomic E-state index is 0.0435. The van der Waals surface area contributed by atoms with Crippen molar-refractivity contribution in [1.29, 1.82) is 0 Å². The Morgan fingerprint density at radius 2 is 1.96 bits per heavy atom. The van der Waals surface area contributed by atoms with E-state index in [2.05, 4.69) is 22.3 Å². The van der Waals surface area contributed by atoms with Crippen LogP contribution in [0.4, 0.5) is 0 Å². The fraction of sp³-hybridized carbons (Fsp3) is 0.667. The third-order valence-electron chi connectivity index (χ3n) is 5.53. The molecule has 4 atom stereocenters. The third-order valence-corrected chi connectivity index (χ3v) is 5.53. The molecule has 1 N–H and O–H groups in total. The van der Waals surface area contributed by atoms with E-state index in [0.29, 0.717) is 12.5 Å². The van der Waals surface area contributed by atoms with Crippen LogP contribution in [0.3, 0.4) is 0 Å². The highest BCUT2D eigenvalue weighted by molar-refractivity contribution is 5.73. The first-order valence-corrected chi connectivity index (χ1v) is 9.83. The van der Waals surface area contributed by atoms with E-state index in [1.807, 2.05) is 26.2 Å². The molecular formula is C21H32N2O3. The Bertz CT molecular complexity index is 587. The molecule has 1 aromatic carbocycles. The lowest BCUT2D eigenvalue weighted by Gasteiger charge is -2.45. The molecule has 0 unspecified atom stereocenters. The average Bonchev–Trinajstić information content (AvgIpc) is 2.61. The molecule has 1 aliphatic carbocycles. The van der Waals surface area contributed by atoms with Crippen molar-refractivity contribution in [3.63, 3.8) is 0 Å². The monoisotopic (exact) mass is 360 g/mol. The molecule has 1 heterocycles. The minimum Gasteiger partial charge on any atom is -0.492 e. The number of rotatable bonds is 6. The summed E-state index contributed by atoms with van der Waals surface area (Å²) in [4.78, 5) is 13.8. The van der Waals surface area contributed by atoms with Crippen molar-refractivity contribution in [2.24, 2.45) is 5.92 Å². The fourth-order valence-electron chi connectivity index (χ4n) is 4.19. The number of carbonyl (C=O) groups is 1. The van der Waals surface area contributed by atoms with Gasteiger partial charge in [0.1, 0.15) is 12.4 Å². The highest BCUT2D eigenvalue weighted by atomic mass is 16.5. The van der Waals surface area contributed by atoms with Gasteiger partial charge in [-0.05, 0) is 51.1 Å². The lowest BCUT2D eigenvalue weighted by Crippen LogP contribution is -2.50. The van der Waals surface area contributed by atoms with Crippen LogP contribution in [0.2, 0.25) is 0 Å². The van der Waals surface area contributed by atoms with Crippen LogP contribution in [0, 0.1) is 5.92 Å². The summed E-state index contributed by atoms with van der Waals surface area (Å²) in [6.45, 7) is 3.19. The number of benzene rings is 1. The molecule has 1 saturated carbocycles. The largest absolute Gasteiger partial charge is 0.492 e. The van der Waals surface area contributed by atoms with Crippen molar-refractivity contribution in [3.8, 4) is 5.75 Å². The maximum absolute atomic E-state index is 11.7. The SMILES string of the molecule is CC(=O)N[C@@H]1C[C@H](c2ccc(OCCN(C)C)cc2)O[C@@H]2CCCC[C@@H]12. The van der Waals surface area contributed by atoms with Crippen LogP contribution in [0.1, 0.15) is 50.7 Å². The van der Waals surface area contributed by atoms with Crippen LogP contribution < -0.4 is 10.1 Å². The molecule has 2 aliphatic rings. The molecule has 0 radical (unpaired) electrons. The standard InChI is InChI=1S/C21H32N2O3/c1-15(24)22-19-14-21(26-20-7-5-4-6-18(19)20)16-8-10-17(11-9-16)25-13-12-23(2)3/h8-11,18-21H,4-7,12-14H2,1-3H3,(H,22,24)/t18-,19+,20+,21+/m0/s1. The zero-order valence-corrected chi connectivity index (χ0v) is 16.2. The first-order valence-electron chi connectivity index (χ1n) is 9.83. The van der Waals surface area contributed by atoms with Gasteiger partial charge in [-0.3, -0.25) is 4.79 Å². The summed E-state index contributed by atoms with van der Waals surface area (Å²) < 4.78 is 12.2. The Balaban J connectivity index is 1.64. The molecule has 0 aromatic heterocycles. The Morgan fingerprint density at radius 3 is 2.65 bits per heavy atom. The fourth-order valence-corrected chi connectivity index (χ4v) is 4.19. The van der Waals surface area contributed by atoms with Crippen molar-refractivity contribution in [3.05, 3.63) is 29.8 Å². The number of ether oxygens (including phenoxy) is 2. The van der Waals surface area contributed by atoms with E-state index in [0.717, 1.165) is 31.6 Å². The summed E-state index contributed by atoms with van der Waals surface area (Å²) in [5.74, 6) is 1.41. The van der Waals surface area contributed by atoms with Crippen LogP contribution in [0.5, 0.6) is 5.75 Å². The van der Waals surface area contributed by atoms with Crippen molar-refractivity contribution in [1.82, 2.24) is 10.2 Å². The molecule has 5 nitrogen and oxygen atoms in total. The Labute approximate surface area is 157 Å². The van der Waals surface area contributed by atoms with Gasteiger partial charge in [-0.2, -0.15) is 0 Å². The Hall–Kier alpha value is -1.59. The summed E-state index contributed by atoms with van der Waals surface area (Å²) in [7, 11) is 4.08. The van der Waals surface area contributed by atoms with Gasteiger partial charge in [0.25, 0.3) is 0 Å². The number of nitrogens with zero attached hydrogens (tertiary/aromatic N) is 1. The summed E-state index contributed by atoms with van der Waals surface area (Å²) in [6.07, 6.45) is 5.87. The third kappa shape index (κ3) is 4.98. The normalized spacial score (nSPS) is 28.5. The molecule has 144 valence electrons. The van der Waals surface area contributed by atoms with Gasteiger partial charge in [0.05, 0.1) is 12.2 Å². The lowest BCUT2D eigenvalue weighted by molar-refractivity contribution is -0.131. The molecule has 2 fully saturated rings. The van der Waals surface area contributed by atoms with Crippen molar-refractivity contribution < 1.29 is 14.3 Å². The number of nitrogens with one attached hydrogen (secondary N) is 1. The molecule has 0 bridgehead atoms. The second-order valence-corrected chi connectivity index (χ2v) is 7.87. The topological polar surface area (TPSA) is 50.8 Å². The zero-order valence-electron chi connectivity index (χ0n) is 16.2. The molecule has 3 rings (SSSR count). The number of hydrogen-bond acceptors (Lipinski definition) is 4.